The van der Waals surface area contributed by atoms with E-state index >= 15 is 0 Å². The van der Waals surface area contributed by atoms with E-state index in [9.17, 15) is 4.79 Å². The second-order valence-electron chi connectivity index (χ2n) is 8.09. The van der Waals surface area contributed by atoms with Gasteiger partial charge in [-0.15, -0.1) is 0 Å². The molecule has 0 N–H and O–H groups in total. The Morgan fingerprint density at radius 1 is 1.17 bits per heavy atom. The molecule has 7 nitrogen and oxygen atoms in total. The third-order valence-corrected chi connectivity index (χ3v) is 7.14. The van der Waals surface area contributed by atoms with Gasteiger partial charge in [-0.25, -0.2) is 4.68 Å². The standard InChI is InChI=1S/C27H25N3O4S2/c1-3-33-14-8-13-29-26(31)23(36-27(29)35)16-19-17-30(20-10-5-4-6-11-20)28-24(19)22-15-18-9-7-12-21(32-2)25(18)34-22/h4-7,9-12,15-17H,3,8,13-14H2,1-2H3/b23-16-. The number of rotatable bonds is 9. The lowest BCUT2D eigenvalue weighted by molar-refractivity contribution is -0.122. The first-order chi connectivity index (χ1) is 17.6. The molecule has 1 fully saturated rings. The number of methoxy groups -OCH3 is 1. The Balaban J connectivity index is 1.54. The summed E-state index contributed by atoms with van der Waals surface area (Å²) in [5.74, 6) is 1.13. The highest BCUT2D eigenvalue weighted by molar-refractivity contribution is 8.26. The van der Waals surface area contributed by atoms with Gasteiger partial charge in [0.1, 0.15) is 10.0 Å². The van der Waals surface area contributed by atoms with Crippen molar-refractivity contribution in [1.29, 1.82) is 0 Å². The molecule has 2 aromatic heterocycles. The summed E-state index contributed by atoms with van der Waals surface area (Å²) in [6.07, 6.45) is 4.47. The molecule has 1 saturated heterocycles. The number of hydrogen-bond acceptors (Lipinski definition) is 7. The van der Waals surface area contributed by atoms with Crippen molar-refractivity contribution in [2.75, 3.05) is 26.9 Å². The van der Waals surface area contributed by atoms with Crippen molar-refractivity contribution in [1.82, 2.24) is 14.7 Å². The van der Waals surface area contributed by atoms with E-state index in [0.29, 0.717) is 51.8 Å². The normalized spacial score (nSPS) is 14.9. The molecule has 3 heterocycles. The Hall–Kier alpha value is -3.40. The molecule has 0 radical (unpaired) electrons. The molecule has 184 valence electrons. The highest BCUT2D eigenvalue weighted by atomic mass is 32.2. The van der Waals surface area contributed by atoms with E-state index in [4.69, 9.17) is 31.2 Å². The van der Waals surface area contributed by atoms with Gasteiger partial charge in [0.05, 0.1) is 17.7 Å². The Bertz CT molecular complexity index is 1440. The number of thiocarbonyl (C=S) groups is 1. The van der Waals surface area contributed by atoms with Crippen LogP contribution < -0.4 is 4.74 Å². The van der Waals surface area contributed by atoms with Crippen LogP contribution in [0, 0.1) is 0 Å². The number of amides is 1. The second-order valence-corrected chi connectivity index (χ2v) is 9.76. The number of ether oxygens (including phenoxy) is 2. The number of aromatic nitrogens is 2. The van der Waals surface area contributed by atoms with Crippen LogP contribution in [-0.4, -0.2) is 51.8 Å². The molecule has 36 heavy (non-hydrogen) atoms. The molecule has 1 aliphatic rings. The number of para-hydroxylation sites is 2. The van der Waals surface area contributed by atoms with Gasteiger partial charge in [-0.3, -0.25) is 9.69 Å². The van der Waals surface area contributed by atoms with Crippen molar-refractivity contribution in [3.05, 3.63) is 71.3 Å². The van der Waals surface area contributed by atoms with Gasteiger partial charge >= 0.3 is 0 Å². The number of carbonyl (C=O) groups is 1. The average Bonchev–Trinajstić information content (AvgIpc) is 3.58. The molecule has 0 atom stereocenters. The fourth-order valence-corrected chi connectivity index (χ4v) is 5.31. The number of hydrogen-bond donors (Lipinski definition) is 0. The molecule has 1 amide bonds. The summed E-state index contributed by atoms with van der Waals surface area (Å²) in [4.78, 5) is 15.4. The molecule has 0 saturated carbocycles. The van der Waals surface area contributed by atoms with Crippen molar-refractivity contribution in [2.24, 2.45) is 0 Å². The minimum atomic E-state index is -0.105. The highest BCUT2D eigenvalue weighted by Crippen LogP contribution is 2.37. The second kappa shape index (κ2) is 10.7. The summed E-state index contributed by atoms with van der Waals surface area (Å²) in [6, 6.07) is 17.5. The van der Waals surface area contributed by atoms with E-state index < -0.39 is 0 Å². The van der Waals surface area contributed by atoms with Crippen LogP contribution in [0.5, 0.6) is 5.75 Å². The van der Waals surface area contributed by atoms with E-state index in [1.165, 1.54) is 11.8 Å². The first-order valence-electron chi connectivity index (χ1n) is 11.6. The molecule has 0 bridgehead atoms. The van der Waals surface area contributed by atoms with Crippen LogP contribution in [0.1, 0.15) is 18.9 Å². The van der Waals surface area contributed by atoms with Crippen molar-refractivity contribution in [3.8, 4) is 22.9 Å². The van der Waals surface area contributed by atoms with Gasteiger partial charge in [-0.2, -0.15) is 5.10 Å². The highest BCUT2D eigenvalue weighted by Gasteiger charge is 2.32. The van der Waals surface area contributed by atoms with E-state index in [1.807, 2.05) is 73.8 Å². The fraction of sp³-hybridized carbons (Fsp3) is 0.222. The van der Waals surface area contributed by atoms with Crippen LogP contribution in [0.25, 0.3) is 34.2 Å². The van der Waals surface area contributed by atoms with Gasteiger partial charge in [0.25, 0.3) is 5.91 Å². The van der Waals surface area contributed by atoms with Crippen LogP contribution in [0.15, 0.2) is 70.1 Å². The third-order valence-electron chi connectivity index (χ3n) is 5.76. The minimum Gasteiger partial charge on any atom is -0.493 e. The fourth-order valence-electron chi connectivity index (χ4n) is 4.01. The quantitative estimate of drug-likeness (QED) is 0.154. The lowest BCUT2D eigenvalue weighted by atomic mass is 10.1. The zero-order valence-corrected chi connectivity index (χ0v) is 21.6. The number of furan rings is 1. The third kappa shape index (κ3) is 4.82. The number of fused-ring (bicyclic) bond motifs is 1. The van der Waals surface area contributed by atoms with Gasteiger partial charge < -0.3 is 13.9 Å². The van der Waals surface area contributed by atoms with Crippen LogP contribution in [0.2, 0.25) is 0 Å². The Morgan fingerprint density at radius 3 is 2.78 bits per heavy atom. The van der Waals surface area contributed by atoms with Crippen molar-refractivity contribution in [3.63, 3.8) is 0 Å². The average molecular weight is 520 g/mol. The van der Waals surface area contributed by atoms with Crippen molar-refractivity contribution < 1.29 is 18.7 Å². The molecule has 2 aromatic carbocycles. The SMILES string of the molecule is CCOCCCN1C(=O)/C(=C/c2cn(-c3ccccc3)nc2-c2cc3cccc(OC)c3o2)SC1=S. The zero-order valence-electron chi connectivity index (χ0n) is 20.0. The summed E-state index contributed by atoms with van der Waals surface area (Å²) >= 11 is 6.80. The molecule has 0 spiro atoms. The minimum absolute atomic E-state index is 0.105. The molecule has 9 heteroatoms. The number of thioether (sulfide) groups is 1. The molecular formula is C27H25N3O4S2. The predicted molar refractivity (Wildman–Crippen MR) is 146 cm³/mol. The summed E-state index contributed by atoms with van der Waals surface area (Å²) in [5.41, 5.74) is 2.93. The van der Waals surface area contributed by atoms with Crippen molar-refractivity contribution in [2.45, 2.75) is 13.3 Å². The van der Waals surface area contributed by atoms with Crippen LogP contribution in [-0.2, 0) is 9.53 Å². The largest absolute Gasteiger partial charge is 0.493 e. The van der Waals surface area contributed by atoms with Gasteiger partial charge in [0.2, 0.25) is 0 Å². The smallest absolute Gasteiger partial charge is 0.266 e. The van der Waals surface area contributed by atoms with E-state index in [1.54, 1.807) is 16.7 Å². The Kier molecular flexibility index (Phi) is 7.22. The van der Waals surface area contributed by atoms with Gasteiger partial charge in [0.15, 0.2) is 17.1 Å². The maximum absolute atomic E-state index is 13.2. The summed E-state index contributed by atoms with van der Waals surface area (Å²) in [6.45, 7) is 3.73. The number of nitrogens with zero attached hydrogens (tertiary/aromatic N) is 3. The molecule has 1 aliphatic heterocycles. The molecule has 5 rings (SSSR count). The zero-order chi connectivity index (χ0) is 25.1. The van der Waals surface area contributed by atoms with Crippen molar-refractivity contribution >= 4 is 51.3 Å². The summed E-state index contributed by atoms with van der Waals surface area (Å²) < 4.78 is 19.4. The maximum atomic E-state index is 13.2. The van der Waals surface area contributed by atoms with Crippen LogP contribution in [0.3, 0.4) is 0 Å². The van der Waals surface area contributed by atoms with E-state index in [-0.39, 0.29) is 5.91 Å². The first kappa shape index (κ1) is 24.3. The molecule has 0 aliphatic carbocycles. The Morgan fingerprint density at radius 2 is 2.00 bits per heavy atom. The molecule has 4 aromatic rings. The number of benzene rings is 2. The maximum Gasteiger partial charge on any atom is 0.266 e. The molecular weight excluding hydrogens is 494 g/mol. The topological polar surface area (TPSA) is 69.7 Å². The van der Waals surface area contributed by atoms with Gasteiger partial charge in [0, 0.05) is 36.9 Å². The molecule has 0 unspecified atom stereocenters. The van der Waals surface area contributed by atoms with Crippen LogP contribution >= 0.6 is 24.0 Å². The Labute approximate surface area is 218 Å². The lowest BCUT2D eigenvalue weighted by Gasteiger charge is -2.13. The van der Waals surface area contributed by atoms with E-state index in [0.717, 1.165) is 23.1 Å². The summed E-state index contributed by atoms with van der Waals surface area (Å²) in [7, 11) is 1.61. The van der Waals surface area contributed by atoms with Gasteiger partial charge in [-0.1, -0.05) is 54.3 Å². The summed E-state index contributed by atoms with van der Waals surface area (Å²) in [5, 5.41) is 5.74. The first-order valence-corrected chi connectivity index (χ1v) is 12.9. The van der Waals surface area contributed by atoms with Gasteiger partial charge in [-0.05, 0) is 43.7 Å². The number of carbonyl (C=O) groups excluding carboxylic acids is 1. The van der Waals surface area contributed by atoms with Crippen LogP contribution in [0.4, 0.5) is 0 Å². The van der Waals surface area contributed by atoms with E-state index in [2.05, 4.69) is 0 Å². The monoisotopic (exact) mass is 519 g/mol. The lowest BCUT2D eigenvalue weighted by Crippen LogP contribution is -2.29. The predicted octanol–water partition coefficient (Wildman–Crippen LogP) is 5.92.